The molecule has 0 aliphatic heterocycles. The molecular weight excluding hydrogens is 288 g/mol. The highest BCUT2D eigenvalue weighted by Gasteiger charge is 2.24. The second kappa shape index (κ2) is 7.58. The minimum absolute atomic E-state index is 0.0632. The smallest absolute Gasteiger partial charge is 0.375 e. The molecule has 1 aromatic carbocycles. The Hall–Kier alpha value is -3.15. The van der Waals surface area contributed by atoms with Crippen LogP contribution in [0.3, 0.4) is 0 Å². The first kappa shape index (κ1) is 16.9. The van der Waals surface area contributed by atoms with Crippen LogP contribution in [0.5, 0.6) is 0 Å². The van der Waals surface area contributed by atoms with E-state index in [0.29, 0.717) is 0 Å². The molecule has 1 rings (SSSR count). The van der Waals surface area contributed by atoms with Crippen LogP contribution in [-0.2, 0) is 23.9 Å². The molecule has 22 heavy (non-hydrogen) atoms. The standard InChI is InChI=1S/C16H14O6/c1-4-12(17)21-14(15(18)19)13(22-16(20)10(2)3)11-8-6-5-7-9-11/h4-9H,1-2H2,3H3,(H,18,19). The summed E-state index contributed by atoms with van der Waals surface area (Å²) in [5, 5.41) is 9.22. The van der Waals surface area contributed by atoms with Gasteiger partial charge in [-0.05, 0) is 6.92 Å². The average Bonchev–Trinajstić information content (AvgIpc) is 2.50. The first-order valence-electron chi connectivity index (χ1n) is 6.11. The molecule has 0 aliphatic carbocycles. The fourth-order valence-corrected chi connectivity index (χ4v) is 1.34. The molecule has 6 nitrogen and oxygen atoms in total. The summed E-state index contributed by atoms with van der Waals surface area (Å²) in [5.41, 5.74) is 0.319. The van der Waals surface area contributed by atoms with Crippen LogP contribution in [-0.4, -0.2) is 23.0 Å². The van der Waals surface area contributed by atoms with Crippen molar-refractivity contribution in [1.82, 2.24) is 0 Å². The summed E-state index contributed by atoms with van der Waals surface area (Å²) in [7, 11) is 0. The Morgan fingerprint density at radius 1 is 1.14 bits per heavy atom. The molecule has 6 heteroatoms. The van der Waals surface area contributed by atoms with Gasteiger partial charge >= 0.3 is 17.9 Å². The lowest BCUT2D eigenvalue weighted by Crippen LogP contribution is -2.15. The fourth-order valence-electron chi connectivity index (χ4n) is 1.34. The predicted octanol–water partition coefficient (Wildman–Crippen LogP) is 2.29. The highest BCUT2D eigenvalue weighted by Crippen LogP contribution is 2.23. The van der Waals surface area contributed by atoms with Gasteiger partial charge in [0.25, 0.3) is 5.76 Å². The van der Waals surface area contributed by atoms with Crippen molar-refractivity contribution in [2.75, 3.05) is 0 Å². The first-order valence-corrected chi connectivity index (χ1v) is 6.11. The van der Waals surface area contributed by atoms with Crippen molar-refractivity contribution < 1.29 is 29.0 Å². The van der Waals surface area contributed by atoms with Crippen LogP contribution < -0.4 is 0 Å². The molecule has 0 fully saturated rings. The third-order valence-electron chi connectivity index (χ3n) is 2.35. The summed E-state index contributed by atoms with van der Waals surface area (Å²) >= 11 is 0. The van der Waals surface area contributed by atoms with Gasteiger partial charge in [-0.2, -0.15) is 0 Å². The van der Waals surface area contributed by atoms with Gasteiger partial charge in [0.2, 0.25) is 0 Å². The number of hydrogen-bond acceptors (Lipinski definition) is 5. The van der Waals surface area contributed by atoms with Gasteiger partial charge < -0.3 is 14.6 Å². The van der Waals surface area contributed by atoms with Gasteiger partial charge in [0.15, 0.2) is 5.76 Å². The highest BCUT2D eigenvalue weighted by atomic mass is 16.6. The minimum atomic E-state index is -1.57. The summed E-state index contributed by atoms with van der Waals surface area (Å²) in [4.78, 5) is 34.3. The second-order valence-corrected chi connectivity index (χ2v) is 4.12. The Morgan fingerprint density at radius 3 is 2.18 bits per heavy atom. The van der Waals surface area contributed by atoms with E-state index in [4.69, 9.17) is 4.74 Å². The molecule has 0 spiro atoms. The number of carbonyl (C=O) groups is 3. The maximum Gasteiger partial charge on any atom is 0.375 e. The van der Waals surface area contributed by atoms with Crippen LogP contribution in [0.25, 0.3) is 5.76 Å². The predicted molar refractivity (Wildman–Crippen MR) is 78.2 cm³/mol. The van der Waals surface area contributed by atoms with E-state index in [9.17, 15) is 19.5 Å². The number of rotatable bonds is 6. The molecule has 0 unspecified atom stereocenters. The van der Waals surface area contributed by atoms with Crippen LogP contribution in [0, 0.1) is 0 Å². The van der Waals surface area contributed by atoms with E-state index in [2.05, 4.69) is 17.9 Å². The van der Waals surface area contributed by atoms with Crippen LogP contribution in [0.4, 0.5) is 0 Å². The lowest BCUT2D eigenvalue weighted by atomic mass is 10.1. The van der Waals surface area contributed by atoms with Gasteiger partial charge in [0, 0.05) is 17.2 Å². The molecule has 114 valence electrons. The van der Waals surface area contributed by atoms with Crippen LogP contribution in [0.2, 0.25) is 0 Å². The Bertz CT molecular complexity index is 654. The van der Waals surface area contributed by atoms with Crippen molar-refractivity contribution in [1.29, 1.82) is 0 Å². The second-order valence-electron chi connectivity index (χ2n) is 4.12. The molecule has 0 radical (unpaired) electrons. The van der Waals surface area contributed by atoms with E-state index in [0.717, 1.165) is 6.08 Å². The van der Waals surface area contributed by atoms with E-state index in [1.165, 1.54) is 19.1 Å². The molecule has 0 bridgehead atoms. The molecule has 0 aromatic heterocycles. The molecule has 0 aliphatic rings. The number of hydrogen-bond donors (Lipinski definition) is 1. The van der Waals surface area contributed by atoms with E-state index in [1.54, 1.807) is 18.2 Å². The highest BCUT2D eigenvalue weighted by molar-refractivity contribution is 6.00. The van der Waals surface area contributed by atoms with Crippen molar-refractivity contribution in [2.45, 2.75) is 6.92 Å². The average molecular weight is 302 g/mol. The zero-order chi connectivity index (χ0) is 16.7. The monoisotopic (exact) mass is 302 g/mol. The summed E-state index contributed by atoms with van der Waals surface area (Å²) in [6.07, 6.45) is 0.798. The van der Waals surface area contributed by atoms with Crippen molar-refractivity contribution in [2.24, 2.45) is 0 Å². The van der Waals surface area contributed by atoms with Crippen molar-refractivity contribution in [3.8, 4) is 0 Å². The maximum atomic E-state index is 11.7. The quantitative estimate of drug-likeness (QED) is 0.492. The molecule has 0 saturated carbocycles. The third-order valence-corrected chi connectivity index (χ3v) is 2.35. The van der Waals surface area contributed by atoms with E-state index >= 15 is 0 Å². The van der Waals surface area contributed by atoms with Gasteiger partial charge in [-0.15, -0.1) is 0 Å². The zero-order valence-corrected chi connectivity index (χ0v) is 11.9. The summed E-state index contributed by atoms with van der Waals surface area (Å²) in [5.74, 6) is -4.60. The number of carboxylic acids is 1. The summed E-state index contributed by atoms with van der Waals surface area (Å²) in [6.45, 7) is 8.00. The molecule has 1 aromatic rings. The summed E-state index contributed by atoms with van der Waals surface area (Å²) in [6, 6.07) is 7.92. The van der Waals surface area contributed by atoms with Crippen LogP contribution >= 0.6 is 0 Å². The number of ether oxygens (including phenoxy) is 2. The Morgan fingerprint density at radius 2 is 1.73 bits per heavy atom. The summed E-state index contributed by atoms with van der Waals surface area (Å²) < 4.78 is 9.69. The normalized spacial score (nSPS) is 11.0. The molecule has 0 heterocycles. The molecular formula is C16H14O6. The maximum absolute atomic E-state index is 11.7. The van der Waals surface area contributed by atoms with Crippen molar-refractivity contribution >= 4 is 23.7 Å². The van der Waals surface area contributed by atoms with E-state index in [-0.39, 0.29) is 11.1 Å². The number of benzene rings is 1. The lowest BCUT2D eigenvalue weighted by molar-refractivity contribution is -0.145. The number of aliphatic carboxylic acids is 1. The fraction of sp³-hybridized carbons (Fsp3) is 0.0625. The van der Waals surface area contributed by atoms with E-state index < -0.39 is 29.4 Å². The first-order chi connectivity index (χ1) is 10.4. The minimum Gasteiger partial charge on any atom is -0.475 e. The largest absolute Gasteiger partial charge is 0.475 e. The Labute approximate surface area is 127 Å². The Balaban J connectivity index is 3.42. The van der Waals surface area contributed by atoms with Crippen LogP contribution in [0.15, 0.2) is 60.9 Å². The van der Waals surface area contributed by atoms with Gasteiger partial charge in [-0.3, -0.25) is 0 Å². The van der Waals surface area contributed by atoms with E-state index in [1.807, 2.05) is 0 Å². The topological polar surface area (TPSA) is 89.9 Å². The van der Waals surface area contributed by atoms with Crippen molar-refractivity contribution in [3.05, 3.63) is 66.5 Å². The van der Waals surface area contributed by atoms with Crippen LogP contribution in [0.1, 0.15) is 12.5 Å². The van der Waals surface area contributed by atoms with Gasteiger partial charge in [0.1, 0.15) is 0 Å². The molecule has 0 atom stereocenters. The van der Waals surface area contributed by atoms with Gasteiger partial charge in [-0.25, -0.2) is 14.4 Å². The molecule has 1 N–H and O–H groups in total. The van der Waals surface area contributed by atoms with Gasteiger partial charge in [-0.1, -0.05) is 43.5 Å². The Kier molecular flexibility index (Phi) is 5.83. The zero-order valence-electron chi connectivity index (χ0n) is 11.9. The van der Waals surface area contributed by atoms with Crippen molar-refractivity contribution in [3.63, 3.8) is 0 Å². The number of carbonyl (C=O) groups excluding carboxylic acids is 2. The molecule has 0 amide bonds. The molecule has 0 saturated heterocycles. The number of carboxylic acid groups (broad SMARTS) is 1. The SMILES string of the molecule is C=CC(=O)OC(C(=O)O)=C(OC(=O)C(=C)C)c1ccccc1. The lowest BCUT2D eigenvalue weighted by Gasteiger charge is -2.12. The third kappa shape index (κ3) is 4.45. The number of esters is 2. The van der Waals surface area contributed by atoms with Gasteiger partial charge in [0.05, 0.1) is 0 Å².